The van der Waals surface area contributed by atoms with E-state index in [4.69, 9.17) is 5.21 Å². The van der Waals surface area contributed by atoms with E-state index in [1.807, 2.05) is 18.2 Å². The quantitative estimate of drug-likeness (QED) is 0.487. The minimum atomic E-state index is -0.630. The summed E-state index contributed by atoms with van der Waals surface area (Å²) in [4.78, 5) is 19.7. The molecule has 130 valence electrons. The normalized spacial score (nSPS) is 14.5. The zero-order valence-corrected chi connectivity index (χ0v) is 14.0. The lowest BCUT2D eigenvalue weighted by molar-refractivity contribution is 0.0705. The van der Waals surface area contributed by atoms with Gasteiger partial charge in [0.05, 0.1) is 11.1 Å². The third-order valence-corrected chi connectivity index (χ3v) is 4.66. The van der Waals surface area contributed by atoms with Crippen LogP contribution in [0.2, 0.25) is 0 Å². The van der Waals surface area contributed by atoms with E-state index in [1.165, 1.54) is 29.1 Å². The monoisotopic (exact) mass is 346 g/mol. The van der Waals surface area contributed by atoms with Crippen LogP contribution in [0, 0.1) is 0 Å². The van der Waals surface area contributed by atoms with Crippen molar-refractivity contribution in [1.29, 1.82) is 0 Å². The maximum absolute atomic E-state index is 11.3. The fourth-order valence-electron chi connectivity index (χ4n) is 3.01. The van der Waals surface area contributed by atoms with Crippen LogP contribution < -0.4 is 10.8 Å². The molecule has 1 fully saturated rings. The van der Waals surface area contributed by atoms with Crippen LogP contribution in [0.1, 0.15) is 28.8 Å². The molecular formula is C20H18N4O2. The number of amides is 1. The molecule has 1 heterocycles. The Morgan fingerprint density at radius 3 is 2.12 bits per heavy atom. The first-order chi connectivity index (χ1) is 12.7. The molecule has 0 aliphatic heterocycles. The Bertz CT molecular complexity index is 905. The molecule has 6 heteroatoms. The molecule has 0 atom stereocenters. The summed E-state index contributed by atoms with van der Waals surface area (Å²) in [5.74, 6) is -0.168. The molecule has 6 nitrogen and oxygen atoms in total. The number of hydrogen-bond donors (Lipinski definition) is 3. The first-order valence-corrected chi connectivity index (χ1v) is 8.41. The van der Waals surface area contributed by atoms with Gasteiger partial charge in [0.2, 0.25) is 5.95 Å². The average molecular weight is 346 g/mol. The van der Waals surface area contributed by atoms with Crippen LogP contribution in [0.25, 0.3) is 11.1 Å². The Morgan fingerprint density at radius 1 is 0.923 bits per heavy atom. The molecule has 2 aromatic carbocycles. The highest BCUT2D eigenvalue weighted by molar-refractivity contribution is 5.92. The van der Waals surface area contributed by atoms with E-state index in [-0.39, 0.29) is 11.1 Å². The minimum Gasteiger partial charge on any atom is -0.345 e. The van der Waals surface area contributed by atoms with Crippen molar-refractivity contribution in [1.82, 2.24) is 15.4 Å². The first-order valence-electron chi connectivity index (χ1n) is 8.41. The van der Waals surface area contributed by atoms with Gasteiger partial charge >= 0.3 is 0 Å². The summed E-state index contributed by atoms with van der Waals surface area (Å²) in [6.07, 6.45) is 4.77. The summed E-state index contributed by atoms with van der Waals surface area (Å²) in [5, 5.41) is 12.0. The number of aromatic nitrogens is 2. The van der Waals surface area contributed by atoms with Crippen molar-refractivity contribution in [3.8, 4) is 11.1 Å². The first kappa shape index (κ1) is 16.2. The Labute approximate surface area is 150 Å². The number of benzene rings is 2. The molecule has 1 aromatic heterocycles. The molecule has 0 unspecified atom stereocenters. The van der Waals surface area contributed by atoms with E-state index < -0.39 is 5.91 Å². The third-order valence-electron chi connectivity index (χ3n) is 4.66. The van der Waals surface area contributed by atoms with E-state index in [1.54, 1.807) is 5.48 Å². The molecule has 3 N–H and O–H groups in total. The zero-order chi connectivity index (χ0) is 18.0. The largest absolute Gasteiger partial charge is 0.345 e. The predicted octanol–water partition coefficient (Wildman–Crippen LogP) is 3.36. The van der Waals surface area contributed by atoms with Crippen LogP contribution in [0.5, 0.6) is 0 Å². The number of carbonyl (C=O) groups excluding carboxylic acids is 1. The Kier molecular flexibility index (Phi) is 4.10. The Balaban J connectivity index is 1.51. The maximum atomic E-state index is 11.3. The van der Waals surface area contributed by atoms with Crippen LogP contribution >= 0.6 is 0 Å². The molecule has 3 aromatic rings. The van der Waals surface area contributed by atoms with Crippen molar-refractivity contribution < 1.29 is 10.0 Å². The fraction of sp³-hybridized carbons (Fsp3) is 0.150. The lowest BCUT2D eigenvalue weighted by Gasteiger charge is -2.18. The molecule has 1 saturated carbocycles. The van der Waals surface area contributed by atoms with Gasteiger partial charge in [0.15, 0.2) is 0 Å². The van der Waals surface area contributed by atoms with Gasteiger partial charge in [-0.05, 0) is 29.5 Å². The Hall–Kier alpha value is -3.25. The second-order valence-electron chi connectivity index (χ2n) is 6.39. The molecular weight excluding hydrogens is 328 g/mol. The summed E-state index contributed by atoms with van der Waals surface area (Å²) in [6, 6.07) is 18.8. The third kappa shape index (κ3) is 3.14. The molecule has 1 aliphatic rings. The molecule has 0 radical (unpaired) electrons. The number of hydroxylamine groups is 1. The van der Waals surface area contributed by atoms with Crippen molar-refractivity contribution in [3.63, 3.8) is 0 Å². The Morgan fingerprint density at radius 2 is 1.54 bits per heavy atom. The number of nitrogens with one attached hydrogen (secondary N) is 2. The van der Waals surface area contributed by atoms with E-state index in [9.17, 15) is 4.79 Å². The molecule has 0 spiro atoms. The highest BCUT2D eigenvalue weighted by atomic mass is 16.5. The van der Waals surface area contributed by atoms with Crippen LogP contribution in [0.15, 0.2) is 67.0 Å². The van der Waals surface area contributed by atoms with Crippen LogP contribution in [-0.2, 0) is 5.54 Å². The molecule has 4 rings (SSSR count). The lowest BCUT2D eigenvalue weighted by Crippen LogP contribution is -2.22. The zero-order valence-electron chi connectivity index (χ0n) is 14.0. The minimum absolute atomic E-state index is 0.157. The highest BCUT2D eigenvalue weighted by Gasteiger charge is 2.45. The molecule has 0 saturated heterocycles. The van der Waals surface area contributed by atoms with Gasteiger partial charge in [0, 0.05) is 12.4 Å². The van der Waals surface area contributed by atoms with Gasteiger partial charge in [-0.3, -0.25) is 10.0 Å². The predicted molar refractivity (Wildman–Crippen MR) is 97.7 cm³/mol. The van der Waals surface area contributed by atoms with Gasteiger partial charge in [-0.1, -0.05) is 54.6 Å². The molecule has 26 heavy (non-hydrogen) atoms. The van der Waals surface area contributed by atoms with Gasteiger partial charge < -0.3 is 5.32 Å². The average Bonchev–Trinajstić information content (AvgIpc) is 3.49. The molecule has 1 amide bonds. The number of hydrogen-bond acceptors (Lipinski definition) is 5. The summed E-state index contributed by atoms with van der Waals surface area (Å²) in [6.45, 7) is 0. The van der Waals surface area contributed by atoms with E-state index in [0.29, 0.717) is 5.95 Å². The number of rotatable bonds is 5. The second kappa shape index (κ2) is 6.57. The summed E-state index contributed by atoms with van der Waals surface area (Å²) in [5.41, 5.74) is 5.18. The van der Waals surface area contributed by atoms with Gasteiger partial charge in [-0.2, -0.15) is 0 Å². The van der Waals surface area contributed by atoms with Crippen LogP contribution in [-0.4, -0.2) is 21.1 Å². The van der Waals surface area contributed by atoms with Crippen molar-refractivity contribution in [3.05, 3.63) is 78.1 Å². The van der Waals surface area contributed by atoms with Crippen molar-refractivity contribution in [2.45, 2.75) is 18.4 Å². The van der Waals surface area contributed by atoms with Gasteiger partial charge in [-0.15, -0.1) is 0 Å². The van der Waals surface area contributed by atoms with Crippen molar-refractivity contribution in [2.75, 3.05) is 5.32 Å². The number of carbonyl (C=O) groups is 1. The molecule has 1 aliphatic carbocycles. The highest BCUT2D eigenvalue weighted by Crippen LogP contribution is 2.48. The number of nitrogens with zero attached hydrogens (tertiary/aromatic N) is 2. The lowest BCUT2D eigenvalue weighted by atomic mass is 9.99. The second-order valence-corrected chi connectivity index (χ2v) is 6.39. The SMILES string of the molecule is O=C(NO)c1cnc(NC2(c3ccc(-c4ccccc4)cc3)CC2)nc1. The summed E-state index contributed by atoms with van der Waals surface area (Å²) >= 11 is 0. The van der Waals surface area contributed by atoms with Crippen LogP contribution in [0.3, 0.4) is 0 Å². The van der Waals surface area contributed by atoms with Gasteiger partial charge in [0.25, 0.3) is 5.91 Å². The van der Waals surface area contributed by atoms with Gasteiger partial charge in [0.1, 0.15) is 0 Å². The molecule has 0 bridgehead atoms. The fourth-order valence-corrected chi connectivity index (χ4v) is 3.01. The summed E-state index contributed by atoms with van der Waals surface area (Å²) in [7, 11) is 0. The van der Waals surface area contributed by atoms with E-state index >= 15 is 0 Å². The van der Waals surface area contributed by atoms with E-state index in [0.717, 1.165) is 12.8 Å². The summed E-state index contributed by atoms with van der Waals surface area (Å²) < 4.78 is 0. The van der Waals surface area contributed by atoms with Crippen molar-refractivity contribution in [2.24, 2.45) is 0 Å². The van der Waals surface area contributed by atoms with E-state index in [2.05, 4.69) is 51.7 Å². The van der Waals surface area contributed by atoms with Gasteiger partial charge in [-0.25, -0.2) is 15.4 Å². The topological polar surface area (TPSA) is 87.1 Å². The maximum Gasteiger partial charge on any atom is 0.277 e. The van der Waals surface area contributed by atoms with Crippen LogP contribution in [0.4, 0.5) is 5.95 Å². The van der Waals surface area contributed by atoms with Crippen molar-refractivity contribution >= 4 is 11.9 Å². The number of anilines is 1. The smallest absolute Gasteiger partial charge is 0.277 e. The standard InChI is InChI=1S/C20H18N4O2/c25-18(24-26)16-12-21-19(22-13-16)23-20(10-11-20)17-8-6-15(7-9-17)14-4-2-1-3-5-14/h1-9,12-13,26H,10-11H2,(H,24,25)(H,21,22,23).